The highest BCUT2D eigenvalue weighted by atomic mass is 31.2. The number of methoxy groups -OCH3 is 3. The zero-order valence-corrected chi connectivity index (χ0v) is 33.1. The molecule has 3 heterocycles. The highest BCUT2D eigenvalue weighted by molar-refractivity contribution is 7.51. The number of ether oxygens (including phenoxy) is 4. The Hall–Kier alpha value is -4.48. The number of carbonyl (C=O) groups excluding carboxylic acids is 5. The van der Waals surface area contributed by atoms with Crippen molar-refractivity contribution in [2.45, 2.75) is 64.3 Å². The molecular formula is C36H52N6O12P+. The summed E-state index contributed by atoms with van der Waals surface area (Å²) in [4.78, 5) is 104. The Balaban J connectivity index is 1.87. The van der Waals surface area contributed by atoms with Gasteiger partial charge in [0.05, 0.1) is 46.2 Å². The maximum Gasteiger partial charge on any atom is 0.410 e. The molecule has 2 aromatic rings. The monoisotopic (exact) mass is 791 g/mol. The van der Waals surface area contributed by atoms with E-state index < -0.39 is 66.2 Å². The predicted molar refractivity (Wildman–Crippen MR) is 198 cm³/mol. The highest BCUT2D eigenvalue weighted by Crippen LogP contribution is 2.39. The first-order valence-electron chi connectivity index (χ1n) is 18.2. The number of hydrogen-bond donors (Lipinski definition) is 2. The van der Waals surface area contributed by atoms with Crippen molar-refractivity contribution < 1.29 is 61.8 Å². The molecular weight excluding hydrogens is 739 g/mol. The Morgan fingerprint density at radius 3 is 2.20 bits per heavy atom. The fourth-order valence-corrected chi connectivity index (χ4v) is 7.71. The molecule has 1 aromatic carbocycles. The molecule has 0 radical (unpaired) electrons. The number of amides is 3. The van der Waals surface area contributed by atoms with Crippen LogP contribution in [-0.4, -0.2) is 161 Å². The van der Waals surface area contributed by atoms with Crippen molar-refractivity contribution in [2.75, 3.05) is 78.3 Å². The van der Waals surface area contributed by atoms with E-state index in [-0.39, 0.29) is 50.4 Å². The first-order chi connectivity index (χ1) is 26.1. The van der Waals surface area contributed by atoms with Gasteiger partial charge in [0.1, 0.15) is 30.6 Å². The quantitative estimate of drug-likeness (QED) is 0.0869. The third-order valence-electron chi connectivity index (χ3n) is 10.2. The lowest BCUT2D eigenvalue weighted by atomic mass is 10.0. The van der Waals surface area contributed by atoms with Crippen LogP contribution in [0.5, 0.6) is 0 Å². The second kappa shape index (κ2) is 18.9. The molecule has 4 rings (SSSR count). The van der Waals surface area contributed by atoms with E-state index in [4.69, 9.17) is 23.9 Å². The highest BCUT2D eigenvalue weighted by Gasteiger charge is 2.55. The zero-order chi connectivity index (χ0) is 40.5. The van der Waals surface area contributed by atoms with Crippen molar-refractivity contribution in [3.63, 3.8) is 0 Å². The van der Waals surface area contributed by atoms with Gasteiger partial charge in [0, 0.05) is 31.8 Å². The van der Waals surface area contributed by atoms with E-state index in [1.807, 2.05) is 11.8 Å². The first kappa shape index (κ1) is 43.3. The van der Waals surface area contributed by atoms with Crippen LogP contribution in [0.25, 0.3) is 11.4 Å². The summed E-state index contributed by atoms with van der Waals surface area (Å²) in [5.41, 5.74) is 0.287. The lowest BCUT2D eigenvalue weighted by molar-refractivity contribution is -0.874. The topological polar surface area (TPSA) is 215 Å². The van der Waals surface area contributed by atoms with Crippen molar-refractivity contribution in [3.05, 3.63) is 42.1 Å². The van der Waals surface area contributed by atoms with E-state index in [2.05, 4.69) is 4.98 Å². The zero-order valence-electron chi connectivity index (χ0n) is 32.2. The number of benzene rings is 1. The summed E-state index contributed by atoms with van der Waals surface area (Å²) in [5, 5.41) is 0. The number of aromatic nitrogens is 2. The van der Waals surface area contributed by atoms with Gasteiger partial charge < -0.3 is 38.5 Å². The number of unbranched alkanes of at least 4 members (excludes halogenated alkanes) is 1. The minimum absolute atomic E-state index is 0.0742. The molecule has 1 unspecified atom stereocenters. The van der Waals surface area contributed by atoms with Gasteiger partial charge in [-0.25, -0.2) is 33.6 Å². The predicted octanol–water partition coefficient (Wildman–Crippen LogP) is 2.08. The number of esters is 2. The minimum Gasteiger partial charge on any atom is -0.467 e. The summed E-state index contributed by atoms with van der Waals surface area (Å²) < 4.78 is 33.0. The molecule has 0 spiro atoms. The number of quaternary nitrogens is 1. The molecule has 2 fully saturated rings. The number of anilines is 1. The smallest absolute Gasteiger partial charge is 0.410 e. The maximum absolute atomic E-state index is 15.2. The summed E-state index contributed by atoms with van der Waals surface area (Å²) >= 11 is 0. The Morgan fingerprint density at radius 1 is 0.982 bits per heavy atom. The van der Waals surface area contributed by atoms with E-state index in [1.54, 1.807) is 37.4 Å². The molecule has 2 aliphatic rings. The molecule has 2 saturated heterocycles. The van der Waals surface area contributed by atoms with E-state index in [0.29, 0.717) is 37.3 Å². The summed E-state index contributed by atoms with van der Waals surface area (Å²) in [6.07, 6.45) is 0.203. The summed E-state index contributed by atoms with van der Waals surface area (Å²) in [6, 6.07) is 5.37. The van der Waals surface area contributed by atoms with Crippen LogP contribution < -0.4 is 4.90 Å². The van der Waals surface area contributed by atoms with E-state index in [1.165, 1.54) is 24.8 Å². The maximum atomic E-state index is 15.2. The van der Waals surface area contributed by atoms with Gasteiger partial charge in [0.25, 0.3) is 5.91 Å². The normalized spacial score (nSPS) is 18.5. The molecule has 18 nitrogen and oxygen atoms in total. The average molecular weight is 792 g/mol. The summed E-state index contributed by atoms with van der Waals surface area (Å²) in [5.74, 6) is -3.27. The van der Waals surface area contributed by atoms with Crippen LogP contribution in [0.3, 0.4) is 0 Å². The summed E-state index contributed by atoms with van der Waals surface area (Å²) in [6.45, 7) is 5.27. The van der Waals surface area contributed by atoms with Crippen molar-refractivity contribution in [1.82, 2.24) is 19.8 Å². The van der Waals surface area contributed by atoms with Gasteiger partial charge in [-0.2, -0.15) is 0 Å². The second-order valence-corrected chi connectivity index (χ2v) is 15.3. The van der Waals surface area contributed by atoms with Gasteiger partial charge in [-0.05, 0) is 26.7 Å². The number of rotatable bonds is 15. The van der Waals surface area contributed by atoms with Gasteiger partial charge in [-0.15, -0.1) is 0 Å². The Kier molecular flexibility index (Phi) is 14.9. The van der Waals surface area contributed by atoms with Crippen LogP contribution in [0.15, 0.2) is 36.4 Å². The van der Waals surface area contributed by atoms with Crippen molar-refractivity contribution >= 4 is 43.3 Å². The van der Waals surface area contributed by atoms with Crippen LogP contribution in [-0.2, 0) is 37.9 Å². The van der Waals surface area contributed by atoms with E-state index >= 15 is 4.79 Å². The fraction of sp³-hybridized carbons (Fsp3) is 0.583. The molecule has 3 amide bonds. The van der Waals surface area contributed by atoms with E-state index in [0.717, 1.165) is 25.5 Å². The van der Waals surface area contributed by atoms with Gasteiger partial charge >= 0.3 is 31.5 Å². The SMILES string of the molecule is CCCCOC(=O)N1CC[N+](C(=O)[C@H](CP(=O)(O)O)N(C(=O)c2cc(N3CC[C@H](OC)C3)nc(-c3ccccc3)n2)C(C)C(=O)OC)([C@@H](C)C(=O)OC)CC1. The molecule has 0 aliphatic carbocycles. The molecule has 302 valence electrons. The molecule has 2 aliphatic heterocycles. The van der Waals surface area contributed by atoms with Gasteiger partial charge in [-0.3, -0.25) is 14.3 Å². The lowest BCUT2D eigenvalue weighted by Crippen LogP contribution is -2.73. The molecule has 0 saturated carbocycles. The Labute approximate surface area is 320 Å². The number of hydrogen-bond acceptors (Lipinski definition) is 13. The van der Waals surface area contributed by atoms with Crippen LogP contribution in [0, 0.1) is 0 Å². The lowest BCUT2D eigenvalue weighted by Gasteiger charge is -2.47. The molecule has 2 N–H and O–H groups in total. The van der Waals surface area contributed by atoms with Crippen LogP contribution >= 0.6 is 7.60 Å². The Morgan fingerprint density at radius 2 is 1.64 bits per heavy atom. The Bertz CT molecular complexity index is 1730. The molecule has 55 heavy (non-hydrogen) atoms. The number of piperazine rings is 1. The molecule has 1 aromatic heterocycles. The van der Waals surface area contributed by atoms with Gasteiger partial charge in [-0.1, -0.05) is 43.7 Å². The number of carbonyl (C=O) groups is 5. The number of nitrogens with zero attached hydrogens (tertiary/aromatic N) is 6. The molecule has 19 heteroatoms. The van der Waals surface area contributed by atoms with Crippen molar-refractivity contribution in [1.29, 1.82) is 0 Å². The van der Waals surface area contributed by atoms with Crippen LogP contribution in [0.2, 0.25) is 0 Å². The van der Waals surface area contributed by atoms with Gasteiger partial charge in [0.2, 0.25) is 0 Å². The molecule has 0 bridgehead atoms. The second-order valence-electron chi connectivity index (χ2n) is 13.6. The largest absolute Gasteiger partial charge is 0.467 e. The third-order valence-corrected chi connectivity index (χ3v) is 11.1. The van der Waals surface area contributed by atoms with E-state index in [9.17, 15) is 33.5 Å². The summed E-state index contributed by atoms with van der Waals surface area (Å²) in [7, 11) is -1.35. The fourth-order valence-electron chi connectivity index (χ4n) is 6.93. The van der Waals surface area contributed by atoms with Crippen LogP contribution in [0.1, 0.15) is 50.5 Å². The van der Waals surface area contributed by atoms with Gasteiger partial charge in [0.15, 0.2) is 17.9 Å². The third kappa shape index (κ3) is 10.2. The first-order valence-corrected chi connectivity index (χ1v) is 20.0. The van der Waals surface area contributed by atoms with Crippen molar-refractivity contribution in [2.24, 2.45) is 0 Å². The standard InChI is InChI=1S/C36H51N6O12P/c1-7-8-20-54-36(47)39-16-18-42(19-17-39,25(3)35(46)53-6)33(44)29(23-55(48,49)50)41(24(2)34(45)52-5)32(43)28-21-30(40-15-14-27(22-40)51-4)38-31(37-28)26-12-10-9-11-13-26/h9-13,21,24-25,27,29H,7-8,14-20,22-23H2,1-6H3,(H-,48,49,50)/p+1/t24?,25-,27-,29-/m0/s1. The van der Waals surface area contributed by atoms with Crippen LogP contribution in [0.4, 0.5) is 10.6 Å². The molecule has 4 atom stereocenters. The van der Waals surface area contributed by atoms with Crippen molar-refractivity contribution in [3.8, 4) is 11.4 Å². The minimum atomic E-state index is -5.15. The average Bonchev–Trinajstić information content (AvgIpc) is 3.68.